The van der Waals surface area contributed by atoms with E-state index in [1.807, 2.05) is 6.26 Å². The molecule has 0 aliphatic carbocycles. The molecule has 0 bridgehead atoms. The molecular formula is C7H15ClFNS. The normalized spacial score (nSPS) is 22.4. The second-order valence-corrected chi connectivity index (χ2v) is 3.70. The van der Waals surface area contributed by atoms with E-state index in [0.717, 1.165) is 13.1 Å². The average molecular weight is 200 g/mol. The summed E-state index contributed by atoms with van der Waals surface area (Å²) in [6.45, 7) is 1.69. The van der Waals surface area contributed by atoms with Crippen molar-refractivity contribution in [2.75, 3.05) is 25.1 Å². The number of piperidine rings is 1. The number of halogens is 2. The predicted molar refractivity (Wildman–Crippen MR) is 51.6 cm³/mol. The van der Waals surface area contributed by atoms with E-state index in [1.165, 1.54) is 0 Å². The van der Waals surface area contributed by atoms with E-state index in [1.54, 1.807) is 11.8 Å². The van der Waals surface area contributed by atoms with E-state index in [2.05, 4.69) is 5.32 Å². The molecular weight excluding hydrogens is 185 g/mol. The molecule has 0 spiro atoms. The number of thioether (sulfide) groups is 1. The molecule has 1 nitrogen and oxygen atoms in total. The Hall–Kier alpha value is 0.530. The number of nitrogens with one attached hydrogen (secondary N) is 1. The van der Waals surface area contributed by atoms with Crippen molar-refractivity contribution in [2.24, 2.45) is 0 Å². The summed E-state index contributed by atoms with van der Waals surface area (Å²) >= 11 is 1.60. The van der Waals surface area contributed by atoms with Crippen LogP contribution >= 0.6 is 24.2 Å². The van der Waals surface area contributed by atoms with E-state index < -0.39 is 5.67 Å². The number of alkyl halides is 1. The summed E-state index contributed by atoms with van der Waals surface area (Å²) in [6.07, 6.45) is 3.34. The summed E-state index contributed by atoms with van der Waals surface area (Å²) in [6, 6.07) is 0. The second-order valence-electron chi connectivity index (χ2n) is 2.83. The zero-order valence-electron chi connectivity index (χ0n) is 6.73. The van der Waals surface area contributed by atoms with Crippen molar-refractivity contribution in [3.8, 4) is 0 Å². The Kier molecular flexibility index (Phi) is 5.48. The van der Waals surface area contributed by atoms with Crippen LogP contribution in [0.15, 0.2) is 0 Å². The standard InChI is InChI=1S/C7H14FNS.ClH/c1-10-6-7(8)2-4-9-5-3-7;/h9H,2-6H2,1H3;1H. The van der Waals surface area contributed by atoms with Gasteiger partial charge < -0.3 is 5.32 Å². The van der Waals surface area contributed by atoms with Crippen LogP contribution in [0, 0.1) is 0 Å². The first-order valence-corrected chi connectivity index (χ1v) is 5.05. The van der Waals surface area contributed by atoms with Gasteiger partial charge in [-0.1, -0.05) is 0 Å². The van der Waals surface area contributed by atoms with Gasteiger partial charge in [-0.25, -0.2) is 4.39 Å². The van der Waals surface area contributed by atoms with Crippen LogP contribution < -0.4 is 5.32 Å². The third kappa shape index (κ3) is 3.63. The van der Waals surface area contributed by atoms with Crippen LogP contribution in [0.2, 0.25) is 0 Å². The van der Waals surface area contributed by atoms with Gasteiger partial charge in [0, 0.05) is 5.75 Å². The molecule has 0 aromatic heterocycles. The molecule has 11 heavy (non-hydrogen) atoms. The van der Waals surface area contributed by atoms with E-state index in [-0.39, 0.29) is 12.4 Å². The summed E-state index contributed by atoms with van der Waals surface area (Å²) < 4.78 is 13.5. The van der Waals surface area contributed by atoms with E-state index in [4.69, 9.17) is 0 Å². The molecule has 1 N–H and O–H groups in total. The molecule has 0 atom stereocenters. The highest BCUT2D eigenvalue weighted by atomic mass is 35.5. The van der Waals surface area contributed by atoms with Crippen LogP contribution in [0.5, 0.6) is 0 Å². The average Bonchev–Trinajstić information content (AvgIpc) is 1.89. The lowest BCUT2D eigenvalue weighted by atomic mass is 9.97. The summed E-state index contributed by atoms with van der Waals surface area (Å²) in [5.74, 6) is 0.661. The minimum Gasteiger partial charge on any atom is -0.316 e. The summed E-state index contributed by atoms with van der Waals surface area (Å²) in [4.78, 5) is 0. The van der Waals surface area contributed by atoms with Gasteiger partial charge in [0.05, 0.1) is 0 Å². The molecule has 0 unspecified atom stereocenters. The molecule has 0 aromatic carbocycles. The highest BCUT2D eigenvalue weighted by Gasteiger charge is 2.30. The molecule has 4 heteroatoms. The van der Waals surface area contributed by atoms with Gasteiger partial charge >= 0.3 is 0 Å². The maximum atomic E-state index is 13.5. The fourth-order valence-corrected chi connectivity index (χ4v) is 2.08. The summed E-state index contributed by atoms with van der Waals surface area (Å²) in [5, 5.41) is 3.15. The first-order valence-electron chi connectivity index (χ1n) is 3.65. The molecule has 0 radical (unpaired) electrons. The van der Waals surface area contributed by atoms with Crippen LogP contribution in [0.25, 0.3) is 0 Å². The van der Waals surface area contributed by atoms with Gasteiger partial charge in [0.2, 0.25) is 0 Å². The molecule has 1 saturated heterocycles. The molecule has 1 fully saturated rings. The van der Waals surface area contributed by atoms with E-state index >= 15 is 0 Å². The quantitative estimate of drug-likeness (QED) is 0.729. The maximum absolute atomic E-state index is 13.5. The monoisotopic (exact) mass is 199 g/mol. The van der Waals surface area contributed by atoms with Gasteiger partial charge in [-0.2, -0.15) is 11.8 Å². The highest BCUT2D eigenvalue weighted by molar-refractivity contribution is 7.98. The number of rotatable bonds is 2. The Morgan fingerprint density at radius 2 is 2.00 bits per heavy atom. The lowest BCUT2D eigenvalue weighted by Gasteiger charge is -2.29. The van der Waals surface area contributed by atoms with Gasteiger partial charge in [-0.3, -0.25) is 0 Å². The predicted octanol–water partition coefficient (Wildman–Crippen LogP) is 1.86. The molecule has 0 aromatic rings. The zero-order valence-corrected chi connectivity index (χ0v) is 8.36. The van der Waals surface area contributed by atoms with Gasteiger partial charge in [0.25, 0.3) is 0 Å². The number of hydrogen-bond acceptors (Lipinski definition) is 2. The van der Waals surface area contributed by atoms with Crippen molar-refractivity contribution in [1.82, 2.24) is 5.32 Å². The van der Waals surface area contributed by atoms with Crippen molar-refractivity contribution in [3.05, 3.63) is 0 Å². The third-order valence-corrected chi connectivity index (χ3v) is 2.71. The molecule has 0 saturated carbocycles. The largest absolute Gasteiger partial charge is 0.316 e. The topological polar surface area (TPSA) is 12.0 Å². The fraction of sp³-hybridized carbons (Fsp3) is 1.00. The van der Waals surface area contributed by atoms with Crippen molar-refractivity contribution in [1.29, 1.82) is 0 Å². The first kappa shape index (κ1) is 11.5. The maximum Gasteiger partial charge on any atom is 0.122 e. The lowest BCUT2D eigenvalue weighted by Crippen LogP contribution is -2.40. The van der Waals surface area contributed by atoms with E-state index in [0.29, 0.717) is 18.6 Å². The Labute approximate surface area is 77.9 Å². The van der Waals surface area contributed by atoms with Crippen LogP contribution in [0.3, 0.4) is 0 Å². The third-order valence-electron chi connectivity index (χ3n) is 1.90. The summed E-state index contributed by atoms with van der Waals surface area (Å²) in [5.41, 5.74) is -0.870. The summed E-state index contributed by atoms with van der Waals surface area (Å²) in [7, 11) is 0. The highest BCUT2D eigenvalue weighted by Crippen LogP contribution is 2.26. The van der Waals surface area contributed by atoms with E-state index in [9.17, 15) is 4.39 Å². The van der Waals surface area contributed by atoms with Crippen LogP contribution in [0.1, 0.15) is 12.8 Å². The molecule has 1 heterocycles. The van der Waals surface area contributed by atoms with Gasteiger partial charge in [0.15, 0.2) is 0 Å². The van der Waals surface area contributed by atoms with Crippen molar-refractivity contribution < 1.29 is 4.39 Å². The number of hydrogen-bond donors (Lipinski definition) is 1. The molecule has 0 amide bonds. The van der Waals surface area contributed by atoms with Crippen molar-refractivity contribution >= 4 is 24.2 Å². The van der Waals surface area contributed by atoms with Gasteiger partial charge in [-0.15, -0.1) is 12.4 Å². The van der Waals surface area contributed by atoms with Crippen LogP contribution in [0.4, 0.5) is 4.39 Å². The fourth-order valence-electron chi connectivity index (χ4n) is 1.28. The minimum atomic E-state index is -0.870. The Morgan fingerprint density at radius 3 is 2.45 bits per heavy atom. The first-order chi connectivity index (χ1) is 4.77. The molecule has 1 aliphatic rings. The van der Waals surface area contributed by atoms with Crippen LogP contribution in [-0.2, 0) is 0 Å². The van der Waals surface area contributed by atoms with Crippen molar-refractivity contribution in [2.45, 2.75) is 18.5 Å². The minimum absolute atomic E-state index is 0. The Morgan fingerprint density at radius 1 is 1.45 bits per heavy atom. The lowest BCUT2D eigenvalue weighted by molar-refractivity contribution is 0.144. The molecule has 1 aliphatic heterocycles. The van der Waals surface area contributed by atoms with Crippen molar-refractivity contribution in [3.63, 3.8) is 0 Å². The second kappa shape index (κ2) is 5.22. The molecule has 1 rings (SSSR count). The Bertz CT molecular complexity index is 101. The Balaban J connectivity index is 0.000001000. The van der Waals surface area contributed by atoms with Crippen LogP contribution in [-0.4, -0.2) is 30.8 Å². The smallest absolute Gasteiger partial charge is 0.122 e. The SMILES string of the molecule is CSCC1(F)CCNCC1.Cl. The van der Waals surface area contributed by atoms with Gasteiger partial charge in [-0.05, 0) is 32.2 Å². The molecule has 68 valence electrons. The van der Waals surface area contributed by atoms with Gasteiger partial charge in [0.1, 0.15) is 5.67 Å². The zero-order chi connectivity index (χ0) is 7.45.